The molecule has 2 rings (SSSR count). The second kappa shape index (κ2) is 4.92. The fourth-order valence-corrected chi connectivity index (χ4v) is 2.24. The van der Waals surface area contributed by atoms with E-state index >= 15 is 0 Å². The normalized spacial score (nSPS) is 10.4. The summed E-state index contributed by atoms with van der Waals surface area (Å²) >= 11 is 1.45. The van der Waals surface area contributed by atoms with Crippen molar-refractivity contribution in [2.45, 2.75) is 10.6 Å². The van der Waals surface area contributed by atoms with E-state index in [1.54, 1.807) is 18.4 Å². The summed E-state index contributed by atoms with van der Waals surface area (Å²) < 4.78 is 5.18. The molecule has 5 nitrogen and oxygen atoms in total. The van der Waals surface area contributed by atoms with Gasteiger partial charge >= 0.3 is 0 Å². The lowest BCUT2D eigenvalue weighted by Crippen LogP contribution is -1.92. The highest BCUT2D eigenvalue weighted by Gasteiger charge is 2.09. The average molecular weight is 250 g/mol. The molecule has 6 heteroatoms. The Labute approximate surface area is 102 Å². The van der Waals surface area contributed by atoms with E-state index < -0.39 is 4.92 Å². The second-order valence-corrected chi connectivity index (χ2v) is 4.43. The number of nitro benzene ring substituents is 1. The predicted octanol–water partition coefficient (Wildman–Crippen LogP) is 3.06. The van der Waals surface area contributed by atoms with Gasteiger partial charge in [0.15, 0.2) is 0 Å². The van der Waals surface area contributed by atoms with Crippen LogP contribution in [0.5, 0.6) is 0 Å². The van der Waals surface area contributed by atoms with Gasteiger partial charge in [0.05, 0.1) is 16.9 Å². The number of nitrogen functional groups attached to an aromatic ring is 1. The van der Waals surface area contributed by atoms with Crippen molar-refractivity contribution < 1.29 is 9.34 Å². The van der Waals surface area contributed by atoms with Crippen molar-refractivity contribution in [2.24, 2.45) is 0 Å². The summed E-state index contributed by atoms with van der Waals surface area (Å²) in [6.07, 6.45) is 1.59. The van der Waals surface area contributed by atoms with Crippen molar-refractivity contribution in [2.75, 3.05) is 5.73 Å². The van der Waals surface area contributed by atoms with E-state index in [0.717, 1.165) is 10.7 Å². The molecule has 0 saturated heterocycles. The number of nitro groups is 1. The molecule has 0 bridgehead atoms. The molecule has 2 aromatic rings. The number of non-ortho nitro benzene ring substituents is 1. The molecule has 88 valence electrons. The van der Waals surface area contributed by atoms with Crippen LogP contribution in [0.25, 0.3) is 0 Å². The van der Waals surface area contributed by atoms with E-state index in [9.17, 15) is 10.1 Å². The molecule has 1 aromatic carbocycles. The Morgan fingerprint density at radius 1 is 1.41 bits per heavy atom. The molecule has 0 fully saturated rings. The zero-order valence-electron chi connectivity index (χ0n) is 8.83. The van der Waals surface area contributed by atoms with Gasteiger partial charge in [0, 0.05) is 22.7 Å². The molecule has 1 heterocycles. The predicted molar refractivity (Wildman–Crippen MR) is 65.8 cm³/mol. The molecule has 0 aliphatic rings. The molecule has 0 spiro atoms. The van der Waals surface area contributed by atoms with E-state index in [0.29, 0.717) is 11.4 Å². The molecule has 0 atom stereocenters. The Kier molecular flexibility index (Phi) is 3.34. The van der Waals surface area contributed by atoms with Gasteiger partial charge in [-0.05, 0) is 18.2 Å². The molecule has 0 radical (unpaired) electrons. The molecule has 2 N–H and O–H groups in total. The molecule has 0 amide bonds. The van der Waals surface area contributed by atoms with Gasteiger partial charge in [-0.1, -0.05) is 0 Å². The highest BCUT2D eigenvalue weighted by atomic mass is 32.2. The van der Waals surface area contributed by atoms with Crippen LogP contribution in [0.15, 0.2) is 45.9 Å². The number of nitrogens with zero attached hydrogens (tertiary/aromatic N) is 1. The van der Waals surface area contributed by atoms with Crippen molar-refractivity contribution in [1.82, 2.24) is 0 Å². The van der Waals surface area contributed by atoms with E-state index in [4.69, 9.17) is 10.2 Å². The minimum absolute atomic E-state index is 0.00643. The third-order valence-corrected chi connectivity index (χ3v) is 3.08. The highest BCUT2D eigenvalue weighted by Crippen LogP contribution is 2.28. The van der Waals surface area contributed by atoms with Gasteiger partial charge < -0.3 is 10.2 Å². The van der Waals surface area contributed by atoms with Crippen molar-refractivity contribution in [1.29, 1.82) is 0 Å². The van der Waals surface area contributed by atoms with Gasteiger partial charge in [0.25, 0.3) is 5.69 Å². The molecule has 0 saturated carbocycles. The monoisotopic (exact) mass is 250 g/mol. The maximum Gasteiger partial charge on any atom is 0.272 e. The lowest BCUT2D eigenvalue weighted by atomic mass is 10.3. The summed E-state index contributed by atoms with van der Waals surface area (Å²) in [4.78, 5) is 11.0. The van der Waals surface area contributed by atoms with Crippen LogP contribution in [0.4, 0.5) is 11.4 Å². The summed E-state index contributed by atoms with van der Waals surface area (Å²) in [6, 6.07) is 8.22. The fraction of sp³-hybridized carbons (Fsp3) is 0.0909. The lowest BCUT2D eigenvalue weighted by Gasteiger charge is -2.01. The van der Waals surface area contributed by atoms with Crippen LogP contribution >= 0.6 is 11.8 Å². The van der Waals surface area contributed by atoms with Crippen LogP contribution in [0.1, 0.15) is 5.76 Å². The molecule has 0 unspecified atom stereocenters. The zero-order valence-corrected chi connectivity index (χ0v) is 9.65. The summed E-state index contributed by atoms with van der Waals surface area (Å²) in [5.41, 5.74) is 6.00. The Morgan fingerprint density at radius 2 is 2.24 bits per heavy atom. The number of thioether (sulfide) groups is 1. The summed E-state index contributed by atoms with van der Waals surface area (Å²) in [5.74, 6) is 1.44. The van der Waals surface area contributed by atoms with Crippen molar-refractivity contribution in [3.8, 4) is 0 Å². The smallest absolute Gasteiger partial charge is 0.272 e. The molecular formula is C11H10N2O3S. The third-order valence-electron chi connectivity index (χ3n) is 2.09. The zero-order chi connectivity index (χ0) is 12.3. The van der Waals surface area contributed by atoms with Crippen molar-refractivity contribution in [3.05, 3.63) is 52.5 Å². The van der Waals surface area contributed by atoms with Gasteiger partial charge in [-0.25, -0.2) is 0 Å². The number of benzene rings is 1. The highest BCUT2D eigenvalue weighted by molar-refractivity contribution is 7.98. The average Bonchev–Trinajstić information content (AvgIpc) is 2.78. The van der Waals surface area contributed by atoms with Gasteiger partial charge in [-0.15, -0.1) is 11.8 Å². The van der Waals surface area contributed by atoms with E-state index in [-0.39, 0.29) is 5.69 Å². The maximum absolute atomic E-state index is 10.7. The Balaban J connectivity index is 2.13. The molecule has 17 heavy (non-hydrogen) atoms. The first-order valence-corrected chi connectivity index (χ1v) is 5.84. The largest absolute Gasteiger partial charge is 0.468 e. The second-order valence-electron chi connectivity index (χ2n) is 3.39. The third kappa shape index (κ3) is 3.01. The quantitative estimate of drug-likeness (QED) is 0.390. The van der Waals surface area contributed by atoms with Crippen LogP contribution < -0.4 is 5.73 Å². The number of hydrogen-bond acceptors (Lipinski definition) is 5. The maximum atomic E-state index is 10.7. The minimum Gasteiger partial charge on any atom is -0.468 e. The fourth-order valence-electron chi connectivity index (χ4n) is 1.34. The van der Waals surface area contributed by atoms with Crippen LogP contribution in [0, 0.1) is 10.1 Å². The molecule has 1 aromatic heterocycles. The molecule has 0 aliphatic heterocycles. The minimum atomic E-state index is -0.451. The van der Waals surface area contributed by atoms with Gasteiger partial charge in [0.2, 0.25) is 0 Å². The Hall–Kier alpha value is -1.95. The number of nitrogens with two attached hydrogens (primary N) is 1. The first-order chi connectivity index (χ1) is 8.15. The summed E-state index contributed by atoms with van der Waals surface area (Å²) in [7, 11) is 0. The number of hydrogen-bond donors (Lipinski definition) is 1. The van der Waals surface area contributed by atoms with Crippen LogP contribution in [-0.2, 0) is 5.75 Å². The summed E-state index contributed by atoms with van der Waals surface area (Å²) in [5, 5.41) is 10.7. The van der Waals surface area contributed by atoms with Crippen LogP contribution in [0.3, 0.4) is 0 Å². The van der Waals surface area contributed by atoms with Crippen molar-refractivity contribution >= 4 is 23.1 Å². The molecule has 0 aliphatic carbocycles. The summed E-state index contributed by atoms with van der Waals surface area (Å²) in [6.45, 7) is 0. The number of anilines is 1. The number of rotatable bonds is 4. The SMILES string of the molecule is Nc1cc(SCc2ccco2)cc([N+](=O)[O-])c1. The molecular weight excluding hydrogens is 240 g/mol. The number of furan rings is 1. The Morgan fingerprint density at radius 3 is 2.88 bits per heavy atom. The van der Waals surface area contributed by atoms with Crippen molar-refractivity contribution in [3.63, 3.8) is 0 Å². The first kappa shape index (κ1) is 11.5. The van der Waals surface area contributed by atoms with Crippen LogP contribution in [-0.4, -0.2) is 4.92 Å². The van der Waals surface area contributed by atoms with Gasteiger partial charge in [0.1, 0.15) is 5.76 Å². The van der Waals surface area contributed by atoms with Crippen LogP contribution in [0.2, 0.25) is 0 Å². The van der Waals surface area contributed by atoms with Gasteiger partial charge in [-0.2, -0.15) is 0 Å². The van der Waals surface area contributed by atoms with E-state index in [1.807, 2.05) is 6.07 Å². The van der Waals surface area contributed by atoms with E-state index in [1.165, 1.54) is 23.9 Å². The standard InChI is InChI=1S/C11H10N2O3S/c12-8-4-9(13(14)15)6-11(5-8)17-7-10-2-1-3-16-10/h1-6H,7,12H2. The van der Waals surface area contributed by atoms with Gasteiger partial charge in [-0.3, -0.25) is 10.1 Å². The topological polar surface area (TPSA) is 82.3 Å². The first-order valence-electron chi connectivity index (χ1n) is 4.85. The lowest BCUT2D eigenvalue weighted by molar-refractivity contribution is -0.385. The van der Waals surface area contributed by atoms with E-state index in [2.05, 4.69) is 0 Å². The Bertz CT molecular complexity index is 526.